The van der Waals surface area contributed by atoms with Gasteiger partial charge in [0.15, 0.2) is 0 Å². The summed E-state index contributed by atoms with van der Waals surface area (Å²) in [4.78, 5) is 30.7. The van der Waals surface area contributed by atoms with Crippen molar-refractivity contribution in [1.29, 1.82) is 0 Å². The lowest BCUT2D eigenvalue weighted by atomic mass is 10.2. The number of aromatic nitrogens is 4. The van der Waals surface area contributed by atoms with E-state index in [0.717, 1.165) is 0 Å². The second-order valence-electron chi connectivity index (χ2n) is 4.16. The predicted octanol–water partition coefficient (Wildman–Crippen LogP) is 1.07. The third-order valence-electron chi connectivity index (χ3n) is 2.82. The van der Waals surface area contributed by atoms with Gasteiger partial charge in [-0.1, -0.05) is 0 Å². The Bertz CT molecular complexity index is 825. The molecular formula is C13H9N5O3. The van der Waals surface area contributed by atoms with Crippen LogP contribution in [-0.2, 0) is 0 Å². The van der Waals surface area contributed by atoms with Crippen LogP contribution in [-0.4, -0.2) is 36.6 Å². The smallest absolute Gasteiger partial charge is 0.337 e. The second kappa shape index (κ2) is 5.00. The van der Waals surface area contributed by atoms with Crippen LogP contribution >= 0.6 is 0 Å². The molecule has 3 aromatic rings. The first-order chi connectivity index (χ1) is 10.1. The molecule has 0 aliphatic heterocycles. The standard InChI is InChI=1S/C13H9N5O3/c19-12(9-6-16-18-4-3-14-7-10(9)18)17-11-2-1-8(5-15-11)13(20)21/h1-7H,(H,20,21)(H,15,17,19). The Morgan fingerprint density at radius 3 is 2.76 bits per heavy atom. The van der Waals surface area contributed by atoms with Gasteiger partial charge < -0.3 is 10.4 Å². The Morgan fingerprint density at radius 2 is 2.05 bits per heavy atom. The van der Waals surface area contributed by atoms with Crippen LogP contribution in [0.3, 0.4) is 0 Å². The highest BCUT2D eigenvalue weighted by molar-refractivity contribution is 6.08. The van der Waals surface area contributed by atoms with Crippen molar-refractivity contribution < 1.29 is 14.7 Å². The molecule has 0 aromatic carbocycles. The van der Waals surface area contributed by atoms with Crippen LogP contribution in [0.25, 0.3) is 5.52 Å². The van der Waals surface area contributed by atoms with Crippen molar-refractivity contribution in [1.82, 2.24) is 19.6 Å². The fraction of sp³-hybridized carbons (Fsp3) is 0. The molecule has 104 valence electrons. The number of fused-ring (bicyclic) bond motifs is 1. The van der Waals surface area contributed by atoms with Gasteiger partial charge in [-0.3, -0.25) is 9.78 Å². The average molecular weight is 283 g/mol. The highest BCUT2D eigenvalue weighted by atomic mass is 16.4. The van der Waals surface area contributed by atoms with Crippen LogP contribution in [0.5, 0.6) is 0 Å². The number of hydrogen-bond acceptors (Lipinski definition) is 5. The number of aromatic carboxylic acids is 1. The summed E-state index contributed by atoms with van der Waals surface area (Å²) in [5.74, 6) is -1.21. The molecule has 2 N–H and O–H groups in total. The van der Waals surface area contributed by atoms with Crippen molar-refractivity contribution in [2.45, 2.75) is 0 Å². The Balaban J connectivity index is 1.84. The maximum atomic E-state index is 12.2. The van der Waals surface area contributed by atoms with Gasteiger partial charge in [-0.2, -0.15) is 5.10 Å². The van der Waals surface area contributed by atoms with E-state index in [1.54, 1.807) is 12.4 Å². The van der Waals surface area contributed by atoms with Crippen LogP contribution in [0.4, 0.5) is 5.82 Å². The first-order valence-electron chi connectivity index (χ1n) is 5.93. The number of carboxylic acid groups (broad SMARTS) is 1. The van der Waals surface area contributed by atoms with Crippen LogP contribution in [0.1, 0.15) is 20.7 Å². The summed E-state index contributed by atoms with van der Waals surface area (Å²) in [6.45, 7) is 0. The van der Waals surface area contributed by atoms with Gasteiger partial charge in [-0.15, -0.1) is 0 Å². The number of carbonyl (C=O) groups excluding carboxylic acids is 1. The van der Waals surface area contributed by atoms with Crippen molar-refractivity contribution >= 4 is 23.2 Å². The number of anilines is 1. The predicted molar refractivity (Wildman–Crippen MR) is 72.1 cm³/mol. The number of hydrogen-bond donors (Lipinski definition) is 2. The number of nitrogens with zero attached hydrogens (tertiary/aromatic N) is 4. The average Bonchev–Trinajstić information content (AvgIpc) is 2.92. The topological polar surface area (TPSA) is 109 Å². The Hall–Kier alpha value is -3.29. The molecule has 0 unspecified atom stereocenters. The van der Waals surface area contributed by atoms with Crippen LogP contribution in [0, 0.1) is 0 Å². The molecule has 0 atom stereocenters. The zero-order valence-corrected chi connectivity index (χ0v) is 10.6. The van der Waals surface area contributed by atoms with E-state index in [9.17, 15) is 9.59 Å². The molecule has 3 aromatic heterocycles. The van der Waals surface area contributed by atoms with Crippen molar-refractivity contribution in [2.75, 3.05) is 5.32 Å². The van der Waals surface area contributed by atoms with E-state index in [-0.39, 0.29) is 11.4 Å². The molecular weight excluding hydrogens is 274 g/mol. The largest absolute Gasteiger partial charge is 0.478 e. The molecule has 0 saturated carbocycles. The van der Waals surface area contributed by atoms with Gasteiger partial charge in [0, 0.05) is 18.6 Å². The van der Waals surface area contributed by atoms with Crippen molar-refractivity contribution in [2.24, 2.45) is 0 Å². The first-order valence-corrected chi connectivity index (χ1v) is 5.93. The van der Waals surface area contributed by atoms with Gasteiger partial charge >= 0.3 is 5.97 Å². The fourth-order valence-electron chi connectivity index (χ4n) is 1.79. The summed E-state index contributed by atoms with van der Waals surface area (Å²) in [6, 6.07) is 2.79. The van der Waals surface area contributed by atoms with E-state index < -0.39 is 11.9 Å². The summed E-state index contributed by atoms with van der Waals surface area (Å²) in [7, 11) is 0. The van der Waals surface area contributed by atoms with E-state index in [2.05, 4.69) is 20.4 Å². The minimum Gasteiger partial charge on any atom is -0.478 e. The third kappa shape index (κ3) is 2.41. The van der Waals surface area contributed by atoms with E-state index in [4.69, 9.17) is 5.11 Å². The van der Waals surface area contributed by atoms with Gasteiger partial charge in [0.05, 0.1) is 29.0 Å². The summed E-state index contributed by atoms with van der Waals surface area (Å²) in [5, 5.41) is 15.4. The molecule has 1 amide bonds. The zero-order valence-electron chi connectivity index (χ0n) is 10.6. The number of carboxylic acids is 1. The maximum absolute atomic E-state index is 12.2. The number of nitrogens with one attached hydrogen (secondary N) is 1. The summed E-state index contributed by atoms with van der Waals surface area (Å²) < 4.78 is 1.53. The number of pyridine rings is 1. The minimum absolute atomic E-state index is 0.0492. The SMILES string of the molecule is O=C(O)c1ccc(NC(=O)c2cnn3ccncc23)nc1. The molecule has 3 heterocycles. The molecule has 0 radical (unpaired) electrons. The Labute approximate surface area is 118 Å². The molecule has 3 rings (SSSR count). The van der Waals surface area contributed by atoms with Crippen LogP contribution < -0.4 is 5.32 Å². The Kier molecular flexibility index (Phi) is 3.03. The second-order valence-corrected chi connectivity index (χ2v) is 4.16. The molecule has 8 heteroatoms. The van der Waals surface area contributed by atoms with Gasteiger partial charge in [0.2, 0.25) is 0 Å². The molecule has 0 spiro atoms. The van der Waals surface area contributed by atoms with E-state index in [0.29, 0.717) is 11.1 Å². The summed E-state index contributed by atoms with van der Waals surface area (Å²) >= 11 is 0. The lowest BCUT2D eigenvalue weighted by molar-refractivity contribution is 0.0696. The zero-order chi connectivity index (χ0) is 14.8. The van der Waals surface area contributed by atoms with Crippen molar-refractivity contribution in [3.63, 3.8) is 0 Å². The summed E-state index contributed by atoms with van der Waals surface area (Å²) in [5.41, 5.74) is 0.970. The molecule has 0 aliphatic rings. The Morgan fingerprint density at radius 1 is 1.19 bits per heavy atom. The fourth-order valence-corrected chi connectivity index (χ4v) is 1.79. The third-order valence-corrected chi connectivity index (χ3v) is 2.82. The summed E-state index contributed by atoms with van der Waals surface area (Å²) in [6.07, 6.45) is 7.33. The molecule has 0 saturated heterocycles. The lowest BCUT2D eigenvalue weighted by Gasteiger charge is -2.03. The molecule has 0 bridgehead atoms. The molecule has 8 nitrogen and oxygen atoms in total. The van der Waals surface area contributed by atoms with Gasteiger partial charge in [0.25, 0.3) is 5.91 Å². The highest BCUT2D eigenvalue weighted by Gasteiger charge is 2.13. The highest BCUT2D eigenvalue weighted by Crippen LogP contribution is 2.12. The quantitative estimate of drug-likeness (QED) is 0.744. The normalized spacial score (nSPS) is 10.5. The lowest BCUT2D eigenvalue weighted by Crippen LogP contribution is -2.13. The van der Waals surface area contributed by atoms with Crippen molar-refractivity contribution in [3.8, 4) is 0 Å². The van der Waals surface area contributed by atoms with Gasteiger partial charge in [-0.25, -0.2) is 14.3 Å². The van der Waals surface area contributed by atoms with Gasteiger partial charge in [-0.05, 0) is 12.1 Å². The number of amides is 1. The number of rotatable bonds is 3. The first kappa shape index (κ1) is 12.7. The van der Waals surface area contributed by atoms with Crippen LogP contribution in [0.15, 0.2) is 43.1 Å². The number of carbonyl (C=O) groups is 2. The minimum atomic E-state index is -1.07. The van der Waals surface area contributed by atoms with Crippen molar-refractivity contribution in [3.05, 3.63) is 54.2 Å². The van der Waals surface area contributed by atoms with E-state index in [1.165, 1.54) is 35.2 Å². The maximum Gasteiger partial charge on any atom is 0.337 e. The molecule has 0 aliphatic carbocycles. The molecule has 21 heavy (non-hydrogen) atoms. The monoisotopic (exact) mass is 283 g/mol. The molecule has 0 fully saturated rings. The van der Waals surface area contributed by atoms with E-state index >= 15 is 0 Å². The van der Waals surface area contributed by atoms with E-state index in [1.807, 2.05) is 0 Å². The van der Waals surface area contributed by atoms with Crippen LogP contribution in [0.2, 0.25) is 0 Å². The van der Waals surface area contributed by atoms with Gasteiger partial charge in [0.1, 0.15) is 5.82 Å².